The van der Waals surface area contributed by atoms with Gasteiger partial charge in [-0.3, -0.25) is 0 Å². The lowest BCUT2D eigenvalue weighted by molar-refractivity contribution is -0.135. The summed E-state index contributed by atoms with van der Waals surface area (Å²) >= 11 is 0. The zero-order valence-corrected chi connectivity index (χ0v) is 11.4. The van der Waals surface area contributed by atoms with E-state index in [1.807, 2.05) is 0 Å². The van der Waals surface area contributed by atoms with Crippen LogP contribution in [0.15, 0.2) is 0 Å². The van der Waals surface area contributed by atoms with E-state index in [0.29, 0.717) is 12.5 Å². The molecule has 0 aliphatic heterocycles. The molecule has 0 saturated heterocycles. The highest BCUT2D eigenvalue weighted by atomic mass is 19.4. The molecule has 0 aromatic carbocycles. The first-order valence-corrected chi connectivity index (χ1v) is 7.81. The van der Waals surface area contributed by atoms with Crippen LogP contribution in [-0.4, -0.2) is 18.8 Å². The number of halogens is 3. The maximum atomic E-state index is 12.1. The van der Waals surface area contributed by atoms with Gasteiger partial charge in [0.15, 0.2) is 0 Å². The fourth-order valence-electron chi connectivity index (χ4n) is 4.98. The lowest BCUT2D eigenvalue weighted by atomic mass is 9.54. The number of alkyl halides is 3. The number of nitrogens with one attached hydrogen (secondary N) is 1. The molecule has 4 rings (SSSR count). The van der Waals surface area contributed by atoms with Gasteiger partial charge in [-0.05, 0) is 75.2 Å². The predicted molar refractivity (Wildman–Crippen MR) is 68.7 cm³/mol. The molecule has 4 aliphatic rings. The number of hydrogen-bond acceptors (Lipinski definition) is 1. The lowest BCUT2D eigenvalue weighted by Gasteiger charge is -2.54. The van der Waals surface area contributed by atoms with Crippen LogP contribution in [0, 0.1) is 23.7 Å². The van der Waals surface area contributed by atoms with Crippen LogP contribution >= 0.6 is 0 Å². The van der Waals surface area contributed by atoms with Crippen molar-refractivity contribution in [3.63, 3.8) is 0 Å². The summed E-state index contributed by atoms with van der Waals surface area (Å²) in [6.45, 7) is 0.767. The van der Waals surface area contributed by atoms with Crippen LogP contribution in [0.25, 0.3) is 0 Å². The summed E-state index contributed by atoms with van der Waals surface area (Å²) in [5.74, 6) is 3.56. The van der Waals surface area contributed by atoms with Gasteiger partial charge in [-0.1, -0.05) is 0 Å². The van der Waals surface area contributed by atoms with E-state index < -0.39 is 12.6 Å². The molecule has 0 amide bonds. The van der Waals surface area contributed by atoms with E-state index in [-0.39, 0.29) is 6.42 Å². The summed E-state index contributed by atoms with van der Waals surface area (Å²) in [6, 6.07) is 0.610. The first-order valence-electron chi connectivity index (χ1n) is 7.81. The summed E-state index contributed by atoms with van der Waals surface area (Å²) in [5, 5.41) is 3.58. The Morgan fingerprint density at radius 2 is 1.42 bits per heavy atom. The molecule has 1 N–H and O–H groups in total. The zero-order valence-electron chi connectivity index (χ0n) is 11.4. The largest absolute Gasteiger partial charge is 0.389 e. The summed E-state index contributed by atoms with van der Waals surface area (Å²) in [6.07, 6.45) is 3.23. The molecule has 0 spiro atoms. The van der Waals surface area contributed by atoms with Crippen molar-refractivity contribution in [2.24, 2.45) is 23.7 Å². The van der Waals surface area contributed by atoms with Crippen LogP contribution in [0.5, 0.6) is 0 Å². The van der Waals surface area contributed by atoms with Gasteiger partial charge >= 0.3 is 6.18 Å². The van der Waals surface area contributed by atoms with Gasteiger partial charge in [0.05, 0.1) is 0 Å². The fourth-order valence-corrected chi connectivity index (χ4v) is 4.98. The smallest absolute Gasteiger partial charge is 0.313 e. The van der Waals surface area contributed by atoms with Gasteiger partial charge in [-0.2, -0.15) is 13.2 Å². The molecule has 4 heteroatoms. The standard InChI is InChI=1S/C15H24F3N/c16-15(17,18)3-1-2-4-19-14-12-6-10-5-11(8-12)9-13(14)7-10/h10-14,19H,1-9H2. The van der Waals surface area contributed by atoms with Crippen molar-refractivity contribution < 1.29 is 13.2 Å². The second-order valence-corrected chi connectivity index (χ2v) is 6.98. The highest BCUT2D eigenvalue weighted by Crippen LogP contribution is 2.53. The van der Waals surface area contributed by atoms with Crippen LogP contribution in [-0.2, 0) is 0 Å². The van der Waals surface area contributed by atoms with E-state index in [2.05, 4.69) is 5.32 Å². The van der Waals surface area contributed by atoms with E-state index in [1.165, 1.54) is 32.1 Å². The van der Waals surface area contributed by atoms with Crippen LogP contribution in [0.3, 0.4) is 0 Å². The monoisotopic (exact) mass is 275 g/mol. The third-order valence-corrected chi connectivity index (χ3v) is 5.49. The minimum Gasteiger partial charge on any atom is -0.313 e. The Labute approximate surface area is 113 Å². The van der Waals surface area contributed by atoms with Crippen molar-refractivity contribution >= 4 is 0 Å². The number of hydrogen-bond donors (Lipinski definition) is 1. The van der Waals surface area contributed by atoms with Crippen molar-refractivity contribution in [3.8, 4) is 0 Å². The van der Waals surface area contributed by atoms with Crippen LogP contribution in [0.4, 0.5) is 13.2 Å². The Morgan fingerprint density at radius 1 is 0.842 bits per heavy atom. The molecule has 0 atom stereocenters. The second-order valence-electron chi connectivity index (χ2n) is 6.98. The minimum absolute atomic E-state index is 0.268. The van der Waals surface area contributed by atoms with Gasteiger partial charge in [-0.25, -0.2) is 0 Å². The van der Waals surface area contributed by atoms with Crippen molar-refractivity contribution in [3.05, 3.63) is 0 Å². The molecule has 0 radical (unpaired) electrons. The summed E-state index contributed by atoms with van der Waals surface area (Å²) < 4.78 is 36.2. The molecule has 4 aliphatic carbocycles. The molecule has 0 heterocycles. The Morgan fingerprint density at radius 3 is 1.95 bits per heavy atom. The molecule has 0 aromatic heterocycles. The first-order chi connectivity index (χ1) is 9.01. The third-order valence-electron chi connectivity index (χ3n) is 5.49. The molecule has 1 nitrogen and oxygen atoms in total. The van der Waals surface area contributed by atoms with E-state index >= 15 is 0 Å². The van der Waals surface area contributed by atoms with Crippen molar-refractivity contribution in [1.29, 1.82) is 0 Å². The Balaban J connectivity index is 1.39. The highest BCUT2D eigenvalue weighted by molar-refractivity contribution is 5.01. The van der Waals surface area contributed by atoms with E-state index in [9.17, 15) is 13.2 Å². The summed E-state index contributed by atoms with van der Waals surface area (Å²) in [7, 11) is 0. The molecular weight excluding hydrogens is 251 g/mol. The minimum atomic E-state index is -3.98. The van der Waals surface area contributed by atoms with Crippen LogP contribution in [0.1, 0.15) is 51.4 Å². The molecule has 4 bridgehead atoms. The molecular formula is C15H24F3N. The van der Waals surface area contributed by atoms with E-state index in [4.69, 9.17) is 0 Å². The third kappa shape index (κ3) is 3.26. The zero-order chi connectivity index (χ0) is 13.5. The lowest BCUT2D eigenvalue weighted by Crippen LogP contribution is -2.54. The normalized spacial score (nSPS) is 40.9. The molecule has 4 fully saturated rings. The Kier molecular flexibility index (Phi) is 3.80. The van der Waals surface area contributed by atoms with E-state index in [0.717, 1.165) is 30.2 Å². The SMILES string of the molecule is FC(F)(F)CCCCNC1C2CC3CC(C2)CC1C3. The number of unbranched alkanes of at least 4 members (excludes halogenated alkanes) is 1. The van der Waals surface area contributed by atoms with Gasteiger partial charge in [0.1, 0.15) is 0 Å². The fraction of sp³-hybridized carbons (Fsp3) is 1.00. The summed E-state index contributed by atoms with van der Waals surface area (Å²) in [5.41, 5.74) is 0. The van der Waals surface area contributed by atoms with Crippen molar-refractivity contribution in [1.82, 2.24) is 5.32 Å². The molecule has 110 valence electrons. The van der Waals surface area contributed by atoms with Gasteiger partial charge in [0.2, 0.25) is 0 Å². The molecule has 4 saturated carbocycles. The second kappa shape index (κ2) is 5.27. The van der Waals surface area contributed by atoms with E-state index in [1.54, 1.807) is 0 Å². The van der Waals surface area contributed by atoms with Gasteiger partial charge in [0.25, 0.3) is 0 Å². The van der Waals surface area contributed by atoms with Crippen molar-refractivity contribution in [2.75, 3.05) is 6.54 Å². The quantitative estimate of drug-likeness (QED) is 0.744. The molecule has 19 heavy (non-hydrogen) atoms. The molecule has 0 unspecified atom stereocenters. The predicted octanol–water partition coefficient (Wildman–Crippen LogP) is 4.13. The van der Waals surface area contributed by atoms with Gasteiger partial charge < -0.3 is 5.32 Å². The average Bonchev–Trinajstić information content (AvgIpc) is 2.29. The summed E-state index contributed by atoms with van der Waals surface area (Å²) in [4.78, 5) is 0. The van der Waals surface area contributed by atoms with Crippen molar-refractivity contribution in [2.45, 2.75) is 63.6 Å². The number of rotatable bonds is 5. The molecule has 0 aromatic rings. The first kappa shape index (κ1) is 13.7. The maximum Gasteiger partial charge on any atom is 0.389 e. The van der Waals surface area contributed by atoms with Crippen LogP contribution < -0.4 is 5.32 Å². The average molecular weight is 275 g/mol. The van der Waals surface area contributed by atoms with Gasteiger partial charge in [0, 0.05) is 12.5 Å². The van der Waals surface area contributed by atoms with Gasteiger partial charge in [-0.15, -0.1) is 0 Å². The van der Waals surface area contributed by atoms with Crippen LogP contribution in [0.2, 0.25) is 0 Å². The highest BCUT2D eigenvalue weighted by Gasteiger charge is 2.47. The Bertz CT molecular complexity index is 285. The Hall–Kier alpha value is -0.250. The maximum absolute atomic E-state index is 12.1. The topological polar surface area (TPSA) is 12.0 Å².